The fourth-order valence-corrected chi connectivity index (χ4v) is 3.13. The molecule has 4 heteroatoms. The predicted octanol–water partition coefficient (Wildman–Crippen LogP) is 0.890. The predicted molar refractivity (Wildman–Crippen MR) is 53.1 cm³/mol. The van der Waals surface area contributed by atoms with Crippen molar-refractivity contribution in [2.45, 2.75) is 31.9 Å². The van der Waals surface area contributed by atoms with Crippen molar-refractivity contribution in [1.29, 1.82) is 0 Å². The summed E-state index contributed by atoms with van der Waals surface area (Å²) in [5.41, 5.74) is 0. The second-order valence-electron chi connectivity index (χ2n) is 4.06. The highest BCUT2D eigenvalue weighted by atomic mass is 32.2. The van der Waals surface area contributed by atoms with Crippen LogP contribution in [0.2, 0.25) is 0 Å². The number of hydrogen-bond donors (Lipinski definition) is 1. The fraction of sp³-hybridized carbons (Fsp3) is 1.00. The molecule has 1 saturated heterocycles. The van der Waals surface area contributed by atoms with Crippen molar-refractivity contribution in [3.63, 3.8) is 0 Å². The monoisotopic (exact) mass is 204 g/mol. The average Bonchev–Trinajstić information content (AvgIpc) is 2.04. The van der Waals surface area contributed by atoms with Gasteiger partial charge in [-0.25, -0.2) is 0 Å². The van der Waals surface area contributed by atoms with Gasteiger partial charge in [-0.05, 0) is 37.8 Å². The maximum absolute atomic E-state index is 11.0. The Morgan fingerprint density at radius 3 is 2.31 bits per heavy atom. The minimum Gasteiger partial charge on any atom is -0.772 e. The first-order valence-corrected chi connectivity index (χ1v) is 6.05. The van der Waals surface area contributed by atoms with Crippen LogP contribution in [0.15, 0.2) is 0 Å². The number of hydrogen-bond acceptors (Lipinski definition) is 3. The van der Waals surface area contributed by atoms with Crippen molar-refractivity contribution in [2.24, 2.45) is 11.8 Å². The Balaban J connectivity index is 2.57. The van der Waals surface area contributed by atoms with E-state index in [1.165, 1.54) is 0 Å². The number of nitrogens with one attached hydrogen (secondary N) is 1. The largest absolute Gasteiger partial charge is 0.772 e. The van der Waals surface area contributed by atoms with Gasteiger partial charge in [-0.1, -0.05) is 24.9 Å². The Hall–Kier alpha value is 0.0700. The quantitative estimate of drug-likeness (QED) is 0.695. The zero-order chi connectivity index (χ0) is 9.84. The first kappa shape index (κ1) is 11.1. The molecule has 0 bridgehead atoms. The SMILES string of the molecule is CC(C)C(C1CCNCC1)S(=O)[O-]. The first-order chi connectivity index (χ1) is 6.13. The highest BCUT2D eigenvalue weighted by molar-refractivity contribution is 7.79. The molecule has 2 atom stereocenters. The van der Waals surface area contributed by atoms with Crippen LogP contribution in [0.4, 0.5) is 0 Å². The van der Waals surface area contributed by atoms with E-state index in [4.69, 9.17) is 0 Å². The van der Waals surface area contributed by atoms with Crippen LogP contribution in [0, 0.1) is 11.8 Å². The van der Waals surface area contributed by atoms with E-state index in [0.29, 0.717) is 5.92 Å². The van der Waals surface area contributed by atoms with E-state index < -0.39 is 11.1 Å². The van der Waals surface area contributed by atoms with Crippen molar-refractivity contribution < 1.29 is 8.76 Å². The molecule has 13 heavy (non-hydrogen) atoms. The zero-order valence-corrected chi connectivity index (χ0v) is 9.10. The van der Waals surface area contributed by atoms with Crippen LogP contribution >= 0.6 is 0 Å². The smallest absolute Gasteiger partial charge is 0.0267 e. The van der Waals surface area contributed by atoms with Gasteiger partial charge in [0, 0.05) is 5.25 Å². The molecule has 0 aromatic heterocycles. The molecule has 0 aromatic carbocycles. The topological polar surface area (TPSA) is 52.2 Å². The Labute approximate surface area is 82.6 Å². The van der Waals surface area contributed by atoms with Crippen LogP contribution < -0.4 is 5.32 Å². The third-order valence-corrected chi connectivity index (χ3v) is 4.10. The highest BCUT2D eigenvalue weighted by Crippen LogP contribution is 2.25. The van der Waals surface area contributed by atoms with Gasteiger partial charge in [-0.3, -0.25) is 4.21 Å². The lowest BCUT2D eigenvalue weighted by molar-refractivity contribution is 0.313. The van der Waals surface area contributed by atoms with Gasteiger partial charge in [0.25, 0.3) is 0 Å². The van der Waals surface area contributed by atoms with Gasteiger partial charge < -0.3 is 9.87 Å². The molecule has 1 fully saturated rings. The molecule has 2 unspecified atom stereocenters. The lowest BCUT2D eigenvalue weighted by Gasteiger charge is -2.34. The van der Waals surface area contributed by atoms with Gasteiger partial charge in [-0.2, -0.15) is 0 Å². The molecule has 1 heterocycles. The van der Waals surface area contributed by atoms with Crippen LogP contribution in [-0.2, 0) is 11.1 Å². The van der Waals surface area contributed by atoms with Gasteiger partial charge in [-0.15, -0.1) is 0 Å². The average molecular weight is 204 g/mol. The van der Waals surface area contributed by atoms with E-state index >= 15 is 0 Å². The van der Waals surface area contributed by atoms with Gasteiger partial charge in [0.2, 0.25) is 0 Å². The number of piperidine rings is 1. The molecule has 3 nitrogen and oxygen atoms in total. The molecule has 0 aromatic rings. The summed E-state index contributed by atoms with van der Waals surface area (Å²) >= 11 is -1.91. The van der Waals surface area contributed by atoms with Crippen LogP contribution in [-0.4, -0.2) is 27.1 Å². The van der Waals surface area contributed by atoms with E-state index in [1.54, 1.807) is 0 Å². The Kier molecular flexibility index (Phi) is 4.35. The molecule has 0 spiro atoms. The maximum Gasteiger partial charge on any atom is 0.0267 e. The molecule has 0 amide bonds. The second kappa shape index (κ2) is 5.08. The van der Waals surface area contributed by atoms with E-state index in [-0.39, 0.29) is 11.2 Å². The molecule has 1 N–H and O–H groups in total. The summed E-state index contributed by atoms with van der Waals surface area (Å²) in [5, 5.41) is 3.10. The van der Waals surface area contributed by atoms with E-state index in [1.807, 2.05) is 13.8 Å². The highest BCUT2D eigenvalue weighted by Gasteiger charge is 2.26. The van der Waals surface area contributed by atoms with Gasteiger partial charge in [0.05, 0.1) is 0 Å². The molecule has 0 radical (unpaired) electrons. The van der Waals surface area contributed by atoms with E-state index in [9.17, 15) is 8.76 Å². The van der Waals surface area contributed by atoms with Crippen molar-refractivity contribution in [3.05, 3.63) is 0 Å². The molecular formula is C9H18NO2S-. The van der Waals surface area contributed by atoms with Gasteiger partial charge in [0.15, 0.2) is 0 Å². The van der Waals surface area contributed by atoms with Gasteiger partial charge in [0.1, 0.15) is 0 Å². The maximum atomic E-state index is 11.0. The summed E-state index contributed by atoms with van der Waals surface area (Å²) in [7, 11) is 0. The Bertz CT molecular complexity index is 178. The number of rotatable bonds is 3. The van der Waals surface area contributed by atoms with Crippen LogP contribution in [0.3, 0.4) is 0 Å². The third-order valence-electron chi connectivity index (χ3n) is 2.73. The summed E-state index contributed by atoms with van der Waals surface area (Å²) in [4.78, 5) is 0. The molecule has 1 aliphatic rings. The zero-order valence-electron chi connectivity index (χ0n) is 8.29. The molecule has 1 rings (SSSR count). The lowest BCUT2D eigenvalue weighted by Crippen LogP contribution is -2.38. The fourth-order valence-electron chi connectivity index (χ4n) is 2.10. The van der Waals surface area contributed by atoms with Crippen molar-refractivity contribution in [1.82, 2.24) is 5.32 Å². The summed E-state index contributed by atoms with van der Waals surface area (Å²) in [6.45, 7) is 5.90. The minimum absolute atomic E-state index is 0.151. The normalized spacial score (nSPS) is 24.6. The van der Waals surface area contributed by atoms with Crippen LogP contribution in [0.1, 0.15) is 26.7 Å². The minimum atomic E-state index is -1.91. The van der Waals surface area contributed by atoms with E-state index in [0.717, 1.165) is 25.9 Å². The van der Waals surface area contributed by atoms with E-state index in [2.05, 4.69) is 5.32 Å². The van der Waals surface area contributed by atoms with Crippen LogP contribution in [0.25, 0.3) is 0 Å². The molecule has 1 aliphatic heterocycles. The van der Waals surface area contributed by atoms with Crippen molar-refractivity contribution in [3.8, 4) is 0 Å². The summed E-state index contributed by atoms with van der Waals surface area (Å²) < 4.78 is 22.0. The summed E-state index contributed by atoms with van der Waals surface area (Å²) in [5.74, 6) is 0.598. The molecule has 78 valence electrons. The molecule has 0 aliphatic carbocycles. The Morgan fingerprint density at radius 2 is 1.92 bits per heavy atom. The van der Waals surface area contributed by atoms with Crippen molar-refractivity contribution >= 4 is 11.1 Å². The van der Waals surface area contributed by atoms with Crippen LogP contribution in [0.5, 0.6) is 0 Å². The lowest BCUT2D eigenvalue weighted by atomic mass is 9.89. The summed E-state index contributed by atoms with van der Waals surface area (Å²) in [6.07, 6.45) is 1.99. The Morgan fingerprint density at radius 1 is 1.38 bits per heavy atom. The summed E-state index contributed by atoms with van der Waals surface area (Å²) in [6, 6.07) is 0. The van der Waals surface area contributed by atoms with Gasteiger partial charge >= 0.3 is 0 Å². The van der Waals surface area contributed by atoms with Crippen molar-refractivity contribution in [2.75, 3.05) is 13.1 Å². The second-order valence-corrected chi connectivity index (χ2v) is 5.12. The standard InChI is InChI=1S/C9H19NO2S/c1-7(2)9(13(11)12)8-3-5-10-6-4-8/h7-10H,3-6H2,1-2H3,(H,11,12)/p-1. The first-order valence-electron chi connectivity index (χ1n) is 4.91. The molecule has 0 saturated carbocycles. The third kappa shape index (κ3) is 3.04. The molecular weight excluding hydrogens is 186 g/mol.